The van der Waals surface area contributed by atoms with Crippen LogP contribution in [0.4, 0.5) is 0 Å². The van der Waals surface area contributed by atoms with Crippen molar-refractivity contribution in [2.24, 2.45) is 0 Å². The molecule has 1 fully saturated rings. The Balaban J connectivity index is 2.12. The molecule has 1 N–H and O–H groups in total. The summed E-state index contributed by atoms with van der Waals surface area (Å²) in [5.41, 5.74) is 1.60. The van der Waals surface area contributed by atoms with Gasteiger partial charge in [0.25, 0.3) is 5.91 Å². The second-order valence-electron chi connectivity index (χ2n) is 4.82. The molecule has 7 heteroatoms. The van der Waals surface area contributed by atoms with E-state index in [4.69, 9.17) is 21.7 Å². The average molecular weight is 363 g/mol. The Hall–Kier alpha value is -2.12. The Kier molecular flexibility index (Phi) is 6.57. The zero-order valence-corrected chi connectivity index (χ0v) is 15.0. The third-order valence-corrected chi connectivity index (χ3v) is 4.41. The molecule has 1 aliphatic rings. The Bertz CT molecular complexity index is 725. The van der Waals surface area contributed by atoms with Gasteiger partial charge in [-0.25, -0.2) is 4.79 Å². The minimum absolute atomic E-state index is 0.148. The summed E-state index contributed by atoms with van der Waals surface area (Å²) in [4.78, 5) is 23.7. The predicted octanol–water partition coefficient (Wildman–Crippen LogP) is 3.06. The maximum Gasteiger partial charge on any atom is 0.344 e. The van der Waals surface area contributed by atoms with E-state index in [9.17, 15) is 9.59 Å². The molecule has 0 unspecified atom stereocenters. The lowest BCUT2D eigenvalue weighted by atomic mass is 10.1. The normalized spacial score (nSPS) is 16.2. The lowest BCUT2D eigenvalue weighted by molar-refractivity contribution is -0.145. The zero-order chi connectivity index (χ0) is 17.5. The highest BCUT2D eigenvalue weighted by atomic mass is 32.2. The minimum atomic E-state index is -0.415. The molecule has 0 bridgehead atoms. The molecule has 0 radical (unpaired) electrons. The fraction of sp³-hybridized carbons (Fsp3) is 0.235. The van der Waals surface area contributed by atoms with Gasteiger partial charge in [-0.15, -0.1) is 0 Å². The van der Waals surface area contributed by atoms with Crippen LogP contribution < -0.4 is 10.1 Å². The maximum absolute atomic E-state index is 11.8. The molecule has 0 aromatic heterocycles. The number of carbonyl (C=O) groups excluding carboxylic acids is 2. The molecule has 0 spiro atoms. The fourth-order valence-corrected chi connectivity index (χ4v) is 3.00. The molecule has 126 valence electrons. The van der Waals surface area contributed by atoms with E-state index in [0.29, 0.717) is 21.6 Å². The average Bonchev–Trinajstić information content (AvgIpc) is 2.90. The van der Waals surface area contributed by atoms with Crippen LogP contribution in [0, 0.1) is 0 Å². The number of ether oxygens (including phenoxy) is 2. The van der Waals surface area contributed by atoms with Crippen molar-refractivity contribution in [3.05, 3.63) is 46.4 Å². The number of hydrogen-bond acceptors (Lipinski definition) is 6. The molecule has 24 heavy (non-hydrogen) atoms. The van der Waals surface area contributed by atoms with Crippen molar-refractivity contribution in [3.8, 4) is 5.75 Å². The molecule has 1 saturated heterocycles. The molecule has 1 aromatic rings. The van der Waals surface area contributed by atoms with Gasteiger partial charge in [0, 0.05) is 5.56 Å². The number of hydrogen-bond donors (Lipinski definition) is 1. The highest BCUT2D eigenvalue weighted by Crippen LogP contribution is 2.28. The van der Waals surface area contributed by atoms with Crippen LogP contribution >= 0.6 is 24.0 Å². The van der Waals surface area contributed by atoms with Crippen LogP contribution in [0.2, 0.25) is 0 Å². The van der Waals surface area contributed by atoms with Crippen molar-refractivity contribution < 1.29 is 19.1 Å². The fourth-order valence-electron chi connectivity index (χ4n) is 1.95. The summed E-state index contributed by atoms with van der Waals surface area (Å²) in [5, 5.41) is 2.59. The number of para-hydroxylation sites is 1. The second-order valence-corrected chi connectivity index (χ2v) is 6.51. The maximum atomic E-state index is 11.8. The first-order valence-corrected chi connectivity index (χ1v) is 8.53. The Morgan fingerprint density at radius 2 is 2.12 bits per heavy atom. The number of benzene rings is 1. The largest absolute Gasteiger partial charge is 0.481 e. The molecule has 1 aliphatic heterocycles. The number of nitrogens with one attached hydrogen (secondary N) is 1. The van der Waals surface area contributed by atoms with Crippen LogP contribution in [-0.2, 0) is 14.3 Å². The smallest absolute Gasteiger partial charge is 0.344 e. The molecule has 1 heterocycles. The van der Waals surface area contributed by atoms with Crippen molar-refractivity contribution in [1.29, 1.82) is 0 Å². The van der Waals surface area contributed by atoms with Crippen LogP contribution in [0.15, 0.2) is 40.8 Å². The molecular formula is C17H17NO4S2. The quantitative estimate of drug-likeness (QED) is 0.476. The molecule has 1 amide bonds. The Labute approximate surface area is 150 Å². The van der Waals surface area contributed by atoms with Crippen molar-refractivity contribution in [1.82, 2.24) is 5.32 Å². The van der Waals surface area contributed by atoms with Crippen LogP contribution in [0.1, 0.15) is 19.4 Å². The minimum Gasteiger partial charge on any atom is -0.481 e. The summed E-state index contributed by atoms with van der Waals surface area (Å²) in [6.45, 7) is 3.76. The zero-order valence-electron chi connectivity index (χ0n) is 13.3. The van der Waals surface area contributed by atoms with Gasteiger partial charge in [0.15, 0.2) is 6.61 Å². The predicted molar refractivity (Wildman–Crippen MR) is 98.6 cm³/mol. The highest BCUT2D eigenvalue weighted by Gasteiger charge is 2.23. The summed E-state index contributed by atoms with van der Waals surface area (Å²) >= 11 is 6.23. The second kappa shape index (κ2) is 8.65. The van der Waals surface area contributed by atoms with Crippen LogP contribution in [0.3, 0.4) is 0 Å². The van der Waals surface area contributed by atoms with Gasteiger partial charge in [-0.1, -0.05) is 54.3 Å². The lowest BCUT2D eigenvalue weighted by Gasteiger charge is -2.08. The van der Waals surface area contributed by atoms with Crippen molar-refractivity contribution >= 4 is 46.3 Å². The number of carbonyl (C=O) groups is 2. The van der Waals surface area contributed by atoms with E-state index < -0.39 is 5.97 Å². The first-order valence-electron chi connectivity index (χ1n) is 7.30. The van der Waals surface area contributed by atoms with E-state index in [0.717, 1.165) is 11.1 Å². The first kappa shape index (κ1) is 18.2. The number of thioether (sulfide) groups is 1. The van der Waals surface area contributed by atoms with Crippen LogP contribution in [-0.4, -0.2) is 29.4 Å². The Morgan fingerprint density at radius 1 is 1.38 bits per heavy atom. The molecule has 1 aromatic carbocycles. The number of thiocarbonyl (C=S) groups is 1. The number of allylic oxidation sites excluding steroid dienone is 2. The van der Waals surface area contributed by atoms with E-state index in [1.165, 1.54) is 11.8 Å². The Morgan fingerprint density at radius 3 is 2.79 bits per heavy atom. The van der Waals surface area contributed by atoms with Gasteiger partial charge in [0.2, 0.25) is 0 Å². The highest BCUT2D eigenvalue weighted by molar-refractivity contribution is 8.26. The van der Waals surface area contributed by atoms with Crippen LogP contribution in [0.25, 0.3) is 6.08 Å². The molecule has 0 atom stereocenters. The molecule has 2 rings (SSSR count). The van der Waals surface area contributed by atoms with Gasteiger partial charge in [-0.05, 0) is 25.5 Å². The van der Waals surface area contributed by atoms with Crippen molar-refractivity contribution in [3.63, 3.8) is 0 Å². The molecule has 5 nitrogen and oxygen atoms in total. The van der Waals surface area contributed by atoms with Gasteiger partial charge in [-0.2, -0.15) is 0 Å². The van der Waals surface area contributed by atoms with Gasteiger partial charge >= 0.3 is 5.97 Å². The van der Waals surface area contributed by atoms with E-state index in [2.05, 4.69) is 5.32 Å². The number of esters is 1. The van der Waals surface area contributed by atoms with Gasteiger partial charge in [0.05, 0.1) is 11.5 Å². The lowest BCUT2D eigenvalue weighted by Crippen LogP contribution is -2.18. The summed E-state index contributed by atoms with van der Waals surface area (Å²) < 4.78 is 10.8. The number of rotatable bonds is 6. The standard InChI is InChI=1S/C17H17NO4S2/c1-3-21-14(19)10-22-13-7-5-4-6-12(13)9-8-11(2)15-16(20)18-17(23)24-15/h4-9H,3,10H2,1-2H3,(H,18,20,23)/b9-8+,15-11+. The van der Waals surface area contributed by atoms with E-state index in [1.807, 2.05) is 37.3 Å². The van der Waals surface area contributed by atoms with Crippen molar-refractivity contribution in [2.75, 3.05) is 13.2 Å². The summed E-state index contributed by atoms with van der Waals surface area (Å²) in [5.74, 6) is -0.0280. The monoisotopic (exact) mass is 363 g/mol. The summed E-state index contributed by atoms with van der Waals surface area (Å²) in [7, 11) is 0. The molecule has 0 saturated carbocycles. The number of amides is 1. The molecular weight excluding hydrogens is 346 g/mol. The first-order chi connectivity index (χ1) is 11.5. The van der Waals surface area contributed by atoms with Gasteiger partial charge < -0.3 is 14.8 Å². The van der Waals surface area contributed by atoms with Crippen molar-refractivity contribution in [2.45, 2.75) is 13.8 Å². The van der Waals surface area contributed by atoms with E-state index in [-0.39, 0.29) is 12.5 Å². The van der Waals surface area contributed by atoms with Gasteiger partial charge in [0.1, 0.15) is 10.1 Å². The third-order valence-electron chi connectivity index (χ3n) is 3.06. The molecule has 0 aliphatic carbocycles. The topological polar surface area (TPSA) is 64.6 Å². The van der Waals surface area contributed by atoms with E-state index in [1.54, 1.807) is 13.0 Å². The van der Waals surface area contributed by atoms with Gasteiger partial charge in [-0.3, -0.25) is 4.79 Å². The summed E-state index contributed by atoms with van der Waals surface area (Å²) in [6.07, 6.45) is 3.65. The van der Waals surface area contributed by atoms with E-state index >= 15 is 0 Å². The summed E-state index contributed by atoms with van der Waals surface area (Å²) in [6, 6.07) is 7.32. The SMILES string of the molecule is CCOC(=O)COc1ccccc1/C=C/C(C)=C1/SC(=S)NC1=O. The third kappa shape index (κ3) is 4.94. The van der Waals surface area contributed by atoms with Crippen LogP contribution in [0.5, 0.6) is 5.75 Å².